The van der Waals surface area contributed by atoms with Gasteiger partial charge in [0, 0.05) is 19.7 Å². The summed E-state index contributed by atoms with van der Waals surface area (Å²) in [6.07, 6.45) is 2.35. The summed E-state index contributed by atoms with van der Waals surface area (Å²) in [5.74, 6) is 0.601. The first kappa shape index (κ1) is 13.2. The molecule has 1 aliphatic rings. The van der Waals surface area contributed by atoms with Crippen LogP contribution >= 0.6 is 0 Å². The van der Waals surface area contributed by atoms with Crippen LogP contribution in [-0.4, -0.2) is 26.3 Å². The number of rotatable bonds is 5. The zero-order valence-electron chi connectivity index (χ0n) is 11.5. The summed E-state index contributed by atoms with van der Waals surface area (Å²) in [6, 6.07) is 6.23. The molecule has 3 nitrogen and oxygen atoms in total. The maximum absolute atomic E-state index is 6.10. The summed E-state index contributed by atoms with van der Waals surface area (Å²) in [5, 5.41) is 0. The number of aryl methyl sites for hydroxylation is 1. The highest BCUT2D eigenvalue weighted by atomic mass is 16.5. The minimum atomic E-state index is 0.601. The Bertz CT molecular complexity index is 390. The zero-order valence-corrected chi connectivity index (χ0v) is 11.5. The Morgan fingerprint density at radius 3 is 3.00 bits per heavy atom. The van der Waals surface area contributed by atoms with Gasteiger partial charge in [-0.3, -0.25) is 0 Å². The van der Waals surface area contributed by atoms with E-state index in [1.807, 2.05) is 12.1 Å². The molecule has 0 saturated carbocycles. The van der Waals surface area contributed by atoms with Crippen LogP contribution in [0, 0.1) is 5.92 Å². The molecule has 3 heteroatoms. The Balaban J connectivity index is 1.95. The van der Waals surface area contributed by atoms with Crippen molar-refractivity contribution in [1.82, 2.24) is 0 Å². The Morgan fingerprint density at radius 2 is 2.22 bits per heavy atom. The number of nitrogen functional groups attached to an aromatic ring is 1. The standard InChI is InChI=1S/C15H24N2O/c1-12(2)11-18-10-9-17-8-4-6-13-5-3-7-14(16)15(13)17/h3,5,7,12H,4,6,8-11,16H2,1-2H3. The molecule has 0 unspecified atom stereocenters. The van der Waals surface area contributed by atoms with Gasteiger partial charge in [0.05, 0.1) is 18.0 Å². The zero-order chi connectivity index (χ0) is 13.0. The van der Waals surface area contributed by atoms with Crippen molar-refractivity contribution in [2.45, 2.75) is 26.7 Å². The van der Waals surface area contributed by atoms with Gasteiger partial charge in [-0.1, -0.05) is 26.0 Å². The third-order valence-corrected chi connectivity index (χ3v) is 3.30. The fourth-order valence-corrected chi connectivity index (χ4v) is 2.49. The molecule has 0 saturated heterocycles. The lowest BCUT2D eigenvalue weighted by Crippen LogP contribution is -2.33. The monoisotopic (exact) mass is 248 g/mol. The predicted octanol–water partition coefficient (Wildman–Crippen LogP) is 2.69. The topological polar surface area (TPSA) is 38.5 Å². The smallest absolute Gasteiger partial charge is 0.0641 e. The summed E-state index contributed by atoms with van der Waals surface area (Å²) in [6.45, 7) is 8.00. The lowest BCUT2D eigenvalue weighted by Gasteiger charge is -2.32. The lowest BCUT2D eigenvalue weighted by molar-refractivity contribution is 0.115. The largest absolute Gasteiger partial charge is 0.397 e. The van der Waals surface area contributed by atoms with E-state index in [2.05, 4.69) is 24.8 Å². The highest BCUT2D eigenvalue weighted by Gasteiger charge is 2.18. The lowest BCUT2D eigenvalue weighted by atomic mass is 10.0. The Morgan fingerprint density at radius 1 is 1.39 bits per heavy atom. The SMILES string of the molecule is CC(C)COCCN1CCCc2cccc(N)c21. The molecule has 18 heavy (non-hydrogen) atoms. The quantitative estimate of drug-likeness (QED) is 0.643. The van der Waals surface area contributed by atoms with Crippen molar-refractivity contribution in [1.29, 1.82) is 0 Å². The van der Waals surface area contributed by atoms with E-state index in [0.29, 0.717) is 5.92 Å². The molecule has 0 spiro atoms. The Labute approximate surface area is 110 Å². The molecule has 1 heterocycles. The predicted molar refractivity (Wildman–Crippen MR) is 77.0 cm³/mol. The van der Waals surface area contributed by atoms with E-state index in [4.69, 9.17) is 10.5 Å². The average Bonchev–Trinajstić information content (AvgIpc) is 2.34. The fraction of sp³-hybridized carbons (Fsp3) is 0.600. The number of para-hydroxylation sites is 1. The number of hydrogen-bond acceptors (Lipinski definition) is 3. The van der Waals surface area contributed by atoms with Gasteiger partial charge >= 0.3 is 0 Å². The van der Waals surface area contributed by atoms with Crippen LogP contribution in [0.25, 0.3) is 0 Å². The van der Waals surface area contributed by atoms with Crippen LogP contribution in [0.2, 0.25) is 0 Å². The molecule has 0 atom stereocenters. The molecule has 0 amide bonds. The van der Waals surface area contributed by atoms with Crippen LogP contribution in [0.4, 0.5) is 11.4 Å². The van der Waals surface area contributed by atoms with Gasteiger partial charge < -0.3 is 15.4 Å². The number of hydrogen-bond donors (Lipinski definition) is 1. The molecular formula is C15H24N2O. The third kappa shape index (κ3) is 3.16. The molecule has 2 rings (SSSR count). The van der Waals surface area contributed by atoms with E-state index < -0.39 is 0 Å². The van der Waals surface area contributed by atoms with Gasteiger partial charge in [0.2, 0.25) is 0 Å². The van der Waals surface area contributed by atoms with E-state index in [0.717, 1.165) is 38.4 Å². The van der Waals surface area contributed by atoms with Gasteiger partial charge in [-0.2, -0.15) is 0 Å². The van der Waals surface area contributed by atoms with Crippen molar-refractivity contribution in [3.63, 3.8) is 0 Å². The number of benzene rings is 1. The van der Waals surface area contributed by atoms with Crippen molar-refractivity contribution in [2.75, 3.05) is 36.9 Å². The Kier molecular flexibility index (Phi) is 4.48. The number of ether oxygens (including phenoxy) is 1. The molecule has 1 aromatic carbocycles. The average molecular weight is 248 g/mol. The molecule has 0 fully saturated rings. The first-order chi connectivity index (χ1) is 8.68. The molecule has 2 N–H and O–H groups in total. The van der Waals surface area contributed by atoms with Crippen LogP contribution in [0.5, 0.6) is 0 Å². The van der Waals surface area contributed by atoms with E-state index in [1.54, 1.807) is 0 Å². The maximum atomic E-state index is 6.10. The van der Waals surface area contributed by atoms with Gasteiger partial charge in [0.25, 0.3) is 0 Å². The Hall–Kier alpha value is -1.22. The first-order valence-corrected chi connectivity index (χ1v) is 6.88. The van der Waals surface area contributed by atoms with Gasteiger partial charge in [-0.05, 0) is 30.4 Å². The van der Waals surface area contributed by atoms with Crippen LogP contribution in [0.15, 0.2) is 18.2 Å². The van der Waals surface area contributed by atoms with E-state index in [-0.39, 0.29) is 0 Å². The number of nitrogens with zero attached hydrogens (tertiary/aromatic N) is 1. The molecule has 0 radical (unpaired) electrons. The van der Waals surface area contributed by atoms with Gasteiger partial charge in [0.15, 0.2) is 0 Å². The molecular weight excluding hydrogens is 224 g/mol. The van der Waals surface area contributed by atoms with Gasteiger partial charge in [-0.15, -0.1) is 0 Å². The second-order valence-corrected chi connectivity index (χ2v) is 5.41. The first-order valence-electron chi connectivity index (χ1n) is 6.88. The van der Waals surface area contributed by atoms with Crippen molar-refractivity contribution in [3.8, 4) is 0 Å². The maximum Gasteiger partial charge on any atom is 0.0641 e. The van der Waals surface area contributed by atoms with Crippen molar-refractivity contribution < 1.29 is 4.74 Å². The van der Waals surface area contributed by atoms with Crippen LogP contribution < -0.4 is 10.6 Å². The third-order valence-electron chi connectivity index (χ3n) is 3.30. The number of fused-ring (bicyclic) bond motifs is 1. The van der Waals surface area contributed by atoms with Gasteiger partial charge in [0.1, 0.15) is 0 Å². The molecule has 1 aromatic rings. The van der Waals surface area contributed by atoms with E-state index >= 15 is 0 Å². The number of anilines is 2. The molecule has 0 bridgehead atoms. The summed E-state index contributed by atoms with van der Waals surface area (Å²) in [5.41, 5.74) is 9.61. The summed E-state index contributed by atoms with van der Waals surface area (Å²) in [7, 11) is 0. The van der Waals surface area contributed by atoms with Crippen molar-refractivity contribution in [2.24, 2.45) is 5.92 Å². The van der Waals surface area contributed by atoms with Gasteiger partial charge in [-0.25, -0.2) is 0 Å². The molecule has 1 aliphatic heterocycles. The normalized spacial score (nSPS) is 14.9. The van der Waals surface area contributed by atoms with Crippen molar-refractivity contribution in [3.05, 3.63) is 23.8 Å². The summed E-state index contributed by atoms with van der Waals surface area (Å²) in [4.78, 5) is 2.37. The highest BCUT2D eigenvalue weighted by Crippen LogP contribution is 2.32. The highest BCUT2D eigenvalue weighted by molar-refractivity contribution is 5.72. The van der Waals surface area contributed by atoms with Crippen LogP contribution in [0.3, 0.4) is 0 Å². The van der Waals surface area contributed by atoms with E-state index in [9.17, 15) is 0 Å². The molecule has 0 aromatic heterocycles. The summed E-state index contributed by atoms with van der Waals surface area (Å²) >= 11 is 0. The molecule has 0 aliphatic carbocycles. The van der Waals surface area contributed by atoms with Crippen LogP contribution in [-0.2, 0) is 11.2 Å². The summed E-state index contributed by atoms with van der Waals surface area (Å²) < 4.78 is 5.67. The minimum absolute atomic E-state index is 0.601. The van der Waals surface area contributed by atoms with E-state index in [1.165, 1.54) is 17.7 Å². The van der Waals surface area contributed by atoms with Crippen molar-refractivity contribution >= 4 is 11.4 Å². The second-order valence-electron chi connectivity index (χ2n) is 5.41. The fourth-order valence-electron chi connectivity index (χ4n) is 2.49. The molecule has 100 valence electrons. The second kappa shape index (κ2) is 6.10. The van der Waals surface area contributed by atoms with Crippen LogP contribution in [0.1, 0.15) is 25.8 Å². The number of nitrogens with two attached hydrogens (primary N) is 1. The minimum Gasteiger partial charge on any atom is -0.397 e.